The van der Waals surface area contributed by atoms with Crippen molar-refractivity contribution >= 4 is 11.5 Å². The average Bonchev–Trinajstić information content (AvgIpc) is 2.73. The quantitative estimate of drug-likeness (QED) is 0.854. The van der Waals surface area contributed by atoms with Gasteiger partial charge >= 0.3 is 0 Å². The van der Waals surface area contributed by atoms with Gasteiger partial charge in [-0.25, -0.2) is 4.98 Å². The zero-order valence-electron chi connectivity index (χ0n) is 10.8. The molecule has 0 spiro atoms. The number of nitrogens with one attached hydrogen (secondary N) is 1. The van der Waals surface area contributed by atoms with Crippen molar-refractivity contribution in [2.24, 2.45) is 0 Å². The molecule has 3 heterocycles. The van der Waals surface area contributed by atoms with Crippen LogP contribution in [0.1, 0.15) is 18.7 Å². The first kappa shape index (κ1) is 11.4. The van der Waals surface area contributed by atoms with Crippen molar-refractivity contribution in [1.29, 1.82) is 0 Å². The van der Waals surface area contributed by atoms with E-state index in [2.05, 4.69) is 32.4 Å². The van der Waals surface area contributed by atoms with Gasteiger partial charge in [0.2, 0.25) is 5.65 Å². The molecule has 1 atom stereocenters. The second-order valence-electron chi connectivity index (χ2n) is 4.96. The molecule has 6 heteroatoms. The summed E-state index contributed by atoms with van der Waals surface area (Å²) < 4.78 is 1.96. The molecule has 0 radical (unpaired) electrons. The SMILES string of the molecule is Cc1nnc2c(NC3CCCN(C)C3)nccn12. The van der Waals surface area contributed by atoms with E-state index in [1.165, 1.54) is 19.4 Å². The summed E-state index contributed by atoms with van der Waals surface area (Å²) in [7, 11) is 2.16. The van der Waals surface area contributed by atoms with Gasteiger partial charge in [0.05, 0.1) is 0 Å². The Morgan fingerprint density at radius 3 is 3.11 bits per heavy atom. The van der Waals surface area contributed by atoms with Crippen LogP contribution in [0.4, 0.5) is 5.82 Å². The Hall–Kier alpha value is -1.69. The van der Waals surface area contributed by atoms with E-state index in [0.29, 0.717) is 6.04 Å². The van der Waals surface area contributed by atoms with Crippen molar-refractivity contribution < 1.29 is 0 Å². The minimum Gasteiger partial charge on any atom is -0.363 e. The van der Waals surface area contributed by atoms with Gasteiger partial charge in [0.25, 0.3) is 0 Å². The number of anilines is 1. The molecular weight excluding hydrogens is 228 g/mol. The maximum Gasteiger partial charge on any atom is 0.203 e. The van der Waals surface area contributed by atoms with Crippen molar-refractivity contribution in [2.75, 3.05) is 25.5 Å². The van der Waals surface area contributed by atoms with E-state index in [4.69, 9.17) is 0 Å². The molecule has 2 aromatic heterocycles. The lowest BCUT2D eigenvalue weighted by Gasteiger charge is -2.30. The molecular formula is C12H18N6. The summed E-state index contributed by atoms with van der Waals surface area (Å²) in [5, 5.41) is 11.8. The Morgan fingerprint density at radius 2 is 2.28 bits per heavy atom. The lowest BCUT2D eigenvalue weighted by atomic mass is 10.1. The molecule has 1 fully saturated rings. The van der Waals surface area contributed by atoms with Crippen molar-refractivity contribution in [3.63, 3.8) is 0 Å². The van der Waals surface area contributed by atoms with Gasteiger partial charge in [-0.05, 0) is 33.4 Å². The monoisotopic (exact) mass is 246 g/mol. The molecule has 0 bridgehead atoms. The number of hydrogen-bond donors (Lipinski definition) is 1. The fourth-order valence-corrected chi connectivity index (χ4v) is 2.52. The standard InChI is InChI=1S/C12H18N6/c1-9-15-16-12-11(13-5-7-18(9)12)14-10-4-3-6-17(2)8-10/h5,7,10H,3-4,6,8H2,1-2H3,(H,13,14). The number of aryl methyl sites for hydroxylation is 1. The van der Waals surface area contributed by atoms with Gasteiger partial charge in [-0.15, -0.1) is 10.2 Å². The van der Waals surface area contributed by atoms with Gasteiger partial charge in [-0.1, -0.05) is 0 Å². The third-order valence-corrected chi connectivity index (χ3v) is 3.46. The van der Waals surface area contributed by atoms with E-state index in [1.54, 1.807) is 6.20 Å². The predicted octanol–water partition coefficient (Wildman–Crippen LogP) is 0.939. The third-order valence-electron chi connectivity index (χ3n) is 3.46. The molecule has 18 heavy (non-hydrogen) atoms. The van der Waals surface area contributed by atoms with E-state index < -0.39 is 0 Å². The number of rotatable bonds is 2. The Labute approximate surface area is 106 Å². The first-order valence-electron chi connectivity index (χ1n) is 6.35. The third kappa shape index (κ3) is 2.03. The van der Waals surface area contributed by atoms with Gasteiger partial charge < -0.3 is 10.2 Å². The lowest BCUT2D eigenvalue weighted by molar-refractivity contribution is 0.261. The molecule has 1 aliphatic heterocycles. The largest absolute Gasteiger partial charge is 0.363 e. The highest BCUT2D eigenvalue weighted by Crippen LogP contribution is 2.17. The summed E-state index contributed by atoms with van der Waals surface area (Å²) in [6.07, 6.45) is 6.09. The van der Waals surface area contributed by atoms with Crippen LogP contribution in [0.15, 0.2) is 12.4 Å². The Balaban J connectivity index is 1.86. The van der Waals surface area contributed by atoms with Crippen molar-refractivity contribution in [1.82, 2.24) is 24.5 Å². The normalized spacial score (nSPS) is 21.3. The maximum absolute atomic E-state index is 4.39. The minimum atomic E-state index is 0.444. The van der Waals surface area contributed by atoms with Crippen molar-refractivity contribution in [3.8, 4) is 0 Å². The number of nitrogens with zero attached hydrogens (tertiary/aromatic N) is 5. The number of piperidine rings is 1. The second-order valence-corrected chi connectivity index (χ2v) is 4.96. The molecule has 0 amide bonds. The summed E-state index contributed by atoms with van der Waals surface area (Å²) in [6.45, 7) is 4.17. The van der Waals surface area contributed by atoms with Crippen LogP contribution in [-0.4, -0.2) is 50.7 Å². The molecule has 6 nitrogen and oxygen atoms in total. The molecule has 2 aromatic rings. The van der Waals surface area contributed by atoms with Crippen LogP contribution in [0.25, 0.3) is 5.65 Å². The van der Waals surface area contributed by atoms with Gasteiger partial charge in [0.15, 0.2) is 5.82 Å². The molecule has 3 rings (SSSR count). The Bertz CT molecular complexity index is 548. The highest BCUT2D eigenvalue weighted by atomic mass is 15.3. The van der Waals surface area contributed by atoms with Crippen LogP contribution in [0.5, 0.6) is 0 Å². The fourth-order valence-electron chi connectivity index (χ4n) is 2.52. The Morgan fingerprint density at radius 1 is 1.39 bits per heavy atom. The van der Waals surface area contributed by atoms with E-state index in [0.717, 1.165) is 23.8 Å². The molecule has 1 aliphatic rings. The van der Waals surface area contributed by atoms with Gasteiger partial charge in [0, 0.05) is 25.0 Å². The van der Waals surface area contributed by atoms with Crippen molar-refractivity contribution in [2.45, 2.75) is 25.8 Å². The number of aromatic nitrogens is 4. The van der Waals surface area contributed by atoms with Crippen molar-refractivity contribution in [3.05, 3.63) is 18.2 Å². The van der Waals surface area contributed by atoms with Crippen LogP contribution in [0, 0.1) is 6.92 Å². The summed E-state index contributed by atoms with van der Waals surface area (Å²) >= 11 is 0. The van der Waals surface area contributed by atoms with E-state index >= 15 is 0 Å². The molecule has 1 N–H and O–H groups in total. The van der Waals surface area contributed by atoms with Crippen LogP contribution >= 0.6 is 0 Å². The van der Waals surface area contributed by atoms with Gasteiger partial charge in [-0.2, -0.15) is 0 Å². The number of fused-ring (bicyclic) bond motifs is 1. The molecule has 96 valence electrons. The van der Waals surface area contributed by atoms with Crippen LogP contribution in [0.2, 0.25) is 0 Å². The van der Waals surface area contributed by atoms with E-state index in [1.807, 2.05) is 17.5 Å². The van der Waals surface area contributed by atoms with Gasteiger partial charge in [-0.3, -0.25) is 4.40 Å². The highest BCUT2D eigenvalue weighted by Gasteiger charge is 2.18. The topological polar surface area (TPSA) is 58.4 Å². The highest BCUT2D eigenvalue weighted by molar-refractivity contribution is 5.62. The summed E-state index contributed by atoms with van der Waals surface area (Å²) in [6, 6.07) is 0.444. The van der Waals surface area contributed by atoms with Crippen LogP contribution in [0.3, 0.4) is 0 Å². The number of likely N-dealkylation sites (tertiary alicyclic amines) is 1. The first-order valence-corrected chi connectivity index (χ1v) is 6.35. The smallest absolute Gasteiger partial charge is 0.203 e. The van der Waals surface area contributed by atoms with Crippen LogP contribution in [-0.2, 0) is 0 Å². The zero-order valence-corrected chi connectivity index (χ0v) is 10.8. The molecule has 1 unspecified atom stereocenters. The number of likely N-dealkylation sites (N-methyl/N-ethyl adjacent to an activating group) is 1. The predicted molar refractivity (Wildman–Crippen MR) is 69.7 cm³/mol. The first-order chi connectivity index (χ1) is 8.74. The summed E-state index contributed by atoms with van der Waals surface area (Å²) in [4.78, 5) is 6.73. The zero-order chi connectivity index (χ0) is 12.5. The molecule has 0 aliphatic carbocycles. The van der Waals surface area contributed by atoms with E-state index in [-0.39, 0.29) is 0 Å². The van der Waals surface area contributed by atoms with Crippen LogP contribution < -0.4 is 5.32 Å². The van der Waals surface area contributed by atoms with Gasteiger partial charge in [0.1, 0.15) is 5.82 Å². The minimum absolute atomic E-state index is 0.444. The summed E-state index contributed by atoms with van der Waals surface area (Å²) in [5.74, 6) is 1.72. The second kappa shape index (κ2) is 4.53. The average molecular weight is 246 g/mol. The molecule has 1 saturated heterocycles. The molecule has 0 aromatic carbocycles. The fraction of sp³-hybridized carbons (Fsp3) is 0.583. The van der Waals surface area contributed by atoms with E-state index in [9.17, 15) is 0 Å². The molecule has 0 saturated carbocycles. The lowest BCUT2D eigenvalue weighted by Crippen LogP contribution is -2.40. The summed E-state index contributed by atoms with van der Waals surface area (Å²) in [5.41, 5.74) is 0.809. The maximum atomic E-state index is 4.39. The number of hydrogen-bond acceptors (Lipinski definition) is 5. The Kier molecular flexibility index (Phi) is 2.87.